The van der Waals surface area contributed by atoms with Crippen LogP contribution in [-0.2, 0) is 9.53 Å². The molecule has 1 N–H and O–H groups in total. The third kappa shape index (κ3) is 3.92. The Kier molecular flexibility index (Phi) is 5.12. The minimum atomic E-state index is -1.26. The van der Waals surface area contributed by atoms with Gasteiger partial charge in [-0.3, -0.25) is 9.78 Å². The molecule has 3 aromatic rings. The first kappa shape index (κ1) is 18.4. The summed E-state index contributed by atoms with van der Waals surface area (Å²) in [5, 5.41) is 2.69. The van der Waals surface area contributed by atoms with Crippen molar-refractivity contribution in [3.8, 4) is 0 Å². The summed E-state index contributed by atoms with van der Waals surface area (Å²) >= 11 is 0. The second-order valence-electron chi connectivity index (χ2n) is 5.96. The number of ether oxygens (including phenoxy) is 1. The summed E-state index contributed by atoms with van der Waals surface area (Å²) < 4.78 is 32.5. The number of hydrogen-bond acceptors (Lipinski definition) is 4. The molecule has 0 aliphatic heterocycles. The van der Waals surface area contributed by atoms with Crippen molar-refractivity contribution in [1.29, 1.82) is 0 Å². The van der Waals surface area contributed by atoms with Gasteiger partial charge in [0.15, 0.2) is 6.10 Å². The number of aryl methyl sites for hydroxylation is 1. The topological polar surface area (TPSA) is 68.3 Å². The maximum atomic E-state index is 13.7. The molecule has 0 unspecified atom stereocenters. The zero-order valence-electron chi connectivity index (χ0n) is 14.6. The molecule has 2 aromatic carbocycles. The van der Waals surface area contributed by atoms with Crippen LogP contribution in [0.1, 0.15) is 23.0 Å². The molecule has 7 heteroatoms. The lowest BCUT2D eigenvalue weighted by atomic mass is 10.1. The van der Waals surface area contributed by atoms with Gasteiger partial charge < -0.3 is 10.1 Å². The van der Waals surface area contributed by atoms with Crippen molar-refractivity contribution >= 4 is 28.5 Å². The van der Waals surface area contributed by atoms with Crippen LogP contribution in [0.4, 0.5) is 14.5 Å². The van der Waals surface area contributed by atoms with E-state index in [2.05, 4.69) is 10.3 Å². The highest BCUT2D eigenvalue weighted by Gasteiger charge is 2.23. The number of hydrogen-bond donors (Lipinski definition) is 1. The number of esters is 1. The Morgan fingerprint density at radius 3 is 2.44 bits per heavy atom. The smallest absolute Gasteiger partial charge is 0.339 e. The molecule has 0 spiro atoms. The van der Waals surface area contributed by atoms with Gasteiger partial charge >= 0.3 is 5.97 Å². The number of carbonyl (C=O) groups is 2. The van der Waals surface area contributed by atoms with Crippen LogP contribution in [0.3, 0.4) is 0 Å². The van der Waals surface area contributed by atoms with Gasteiger partial charge in [0.2, 0.25) is 0 Å². The van der Waals surface area contributed by atoms with Gasteiger partial charge in [0.1, 0.15) is 17.3 Å². The Balaban J connectivity index is 1.79. The third-order valence-electron chi connectivity index (χ3n) is 3.93. The number of amides is 1. The predicted molar refractivity (Wildman–Crippen MR) is 96.3 cm³/mol. The maximum Gasteiger partial charge on any atom is 0.339 e. The van der Waals surface area contributed by atoms with Crippen LogP contribution in [0.5, 0.6) is 0 Å². The third-order valence-corrected chi connectivity index (χ3v) is 3.93. The zero-order chi connectivity index (χ0) is 19.6. The van der Waals surface area contributed by atoms with E-state index in [1.54, 1.807) is 37.3 Å². The Bertz CT molecular complexity index is 1020. The lowest BCUT2D eigenvalue weighted by Gasteiger charge is -2.15. The number of rotatable bonds is 4. The zero-order valence-corrected chi connectivity index (χ0v) is 14.6. The van der Waals surface area contributed by atoms with E-state index in [1.165, 1.54) is 13.0 Å². The van der Waals surface area contributed by atoms with Crippen LogP contribution in [0, 0.1) is 18.6 Å². The Morgan fingerprint density at radius 2 is 1.74 bits per heavy atom. The van der Waals surface area contributed by atoms with Gasteiger partial charge in [0.05, 0.1) is 11.1 Å². The van der Waals surface area contributed by atoms with Crippen molar-refractivity contribution in [1.82, 2.24) is 4.98 Å². The second-order valence-corrected chi connectivity index (χ2v) is 5.96. The average molecular weight is 370 g/mol. The fourth-order valence-corrected chi connectivity index (χ4v) is 2.60. The molecule has 27 heavy (non-hydrogen) atoms. The molecule has 1 aromatic heterocycles. The number of para-hydroxylation sites is 2. The summed E-state index contributed by atoms with van der Waals surface area (Å²) in [7, 11) is 0. The van der Waals surface area contributed by atoms with Gasteiger partial charge in [-0.2, -0.15) is 0 Å². The average Bonchev–Trinajstić information content (AvgIpc) is 2.63. The van der Waals surface area contributed by atoms with Crippen molar-refractivity contribution in [2.75, 3.05) is 5.32 Å². The normalized spacial score (nSPS) is 11.9. The van der Waals surface area contributed by atoms with E-state index < -0.39 is 35.3 Å². The molecule has 1 amide bonds. The van der Waals surface area contributed by atoms with Crippen molar-refractivity contribution in [3.05, 3.63) is 71.4 Å². The summed E-state index contributed by atoms with van der Waals surface area (Å²) in [5.41, 5.74) is 0.909. The van der Waals surface area contributed by atoms with Crippen LogP contribution in [0.25, 0.3) is 10.9 Å². The fourth-order valence-electron chi connectivity index (χ4n) is 2.60. The van der Waals surface area contributed by atoms with Gasteiger partial charge in [-0.05, 0) is 38.1 Å². The number of halogens is 2. The Hall–Kier alpha value is -3.35. The molecule has 0 bridgehead atoms. The predicted octanol–water partition coefficient (Wildman–Crippen LogP) is 4.01. The van der Waals surface area contributed by atoms with E-state index in [-0.39, 0.29) is 5.56 Å². The Morgan fingerprint density at radius 1 is 1.07 bits per heavy atom. The lowest BCUT2D eigenvalue weighted by Crippen LogP contribution is -2.30. The van der Waals surface area contributed by atoms with Crippen molar-refractivity contribution in [2.24, 2.45) is 0 Å². The standard InChI is InChI=1S/C20H16F2N2O3/c1-11-10-14(13-6-3-4-9-17(13)23-11)20(26)27-12(2)19(25)24-18-15(21)7-5-8-16(18)22/h3-10,12H,1-2H3,(H,24,25)/t12-/m0/s1. The molecule has 0 saturated heterocycles. The lowest BCUT2D eigenvalue weighted by molar-refractivity contribution is -0.123. The molecule has 0 radical (unpaired) electrons. The fraction of sp³-hybridized carbons (Fsp3) is 0.150. The molecule has 3 rings (SSSR count). The number of carbonyl (C=O) groups excluding carboxylic acids is 2. The van der Waals surface area contributed by atoms with Crippen molar-refractivity contribution < 1.29 is 23.1 Å². The van der Waals surface area contributed by atoms with Gasteiger partial charge in [-0.1, -0.05) is 24.3 Å². The molecule has 0 aliphatic rings. The van der Waals surface area contributed by atoms with E-state index in [0.29, 0.717) is 16.6 Å². The van der Waals surface area contributed by atoms with Crippen LogP contribution >= 0.6 is 0 Å². The summed E-state index contributed by atoms with van der Waals surface area (Å²) in [6.07, 6.45) is -1.26. The number of anilines is 1. The maximum absolute atomic E-state index is 13.7. The van der Waals surface area contributed by atoms with E-state index in [9.17, 15) is 18.4 Å². The summed E-state index contributed by atoms with van der Waals surface area (Å²) in [4.78, 5) is 29.1. The highest BCUT2D eigenvalue weighted by molar-refractivity contribution is 6.05. The second kappa shape index (κ2) is 7.49. The molecule has 138 valence electrons. The van der Waals surface area contributed by atoms with Gasteiger partial charge in [-0.25, -0.2) is 13.6 Å². The monoisotopic (exact) mass is 370 g/mol. The van der Waals surface area contributed by atoms with Gasteiger partial charge in [-0.15, -0.1) is 0 Å². The first-order chi connectivity index (χ1) is 12.9. The number of pyridine rings is 1. The molecular formula is C20H16F2N2O3. The van der Waals surface area contributed by atoms with E-state index in [0.717, 1.165) is 12.1 Å². The number of nitrogens with zero attached hydrogens (tertiary/aromatic N) is 1. The number of aromatic nitrogens is 1. The summed E-state index contributed by atoms with van der Waals surface area (Å²) in [6, 6.07) is 11.8. The SMILES string of the molecule is Cc1cc(C(=O)O[C@@H](C)C(=O)Nc2c(F)cccc2F)c2ccccc2n1. The van der Waals surface area contributed by atoms with E-state index in [4.69, 9.17) is 4.74 Å². The first-order valence-corrected chi connectivity index (χ1v) is 8.19. The summed E-state index contributed by atoms with van der Waals surface area (Å²) in [5.74, 6) is -3.41. The highest BCUT2D eigenvalue weighted by atomic mass is 19.1. The number of fused-ring (bicyclic) bond motifs is 1. The van der Waals surface area contributed by atoms with Crippen LogP contribution in [0.15, 0.2) is 48.5 Å². The highest BCUT2D eigenvalue weighted by Crippen LogP contribution is 2.21. The number of benzene rings is 2. The summed E-state index contributed by atoms with van der Waals surface area (Å²) in [6.45, 7) is 3.06. The van der Waals surface area contributed by atoms with Crippen LogP contribution in [0.2, 0.25) is 0 Å². The first-order valence-electron chi connectivity index (χ1n) is 8.19. The largest absolute Gasteiger partial charge is 0.449 e. The Labute approximate surface area is 154 Å². The molecule has 0 fully saturated rings. The van der Waals surface area contributed by atoms with Gasteiger partial charge in [0, 0.05) is 11.1 Å². The molecule has 0 saturated carbocycles. The van der Waals surface area contributed by atoms with Crippen LogP contribution < -0.4 is 5.32 Å². The van der Waals surface area contributed by atoms with Crippen LogP contribution in [-0.4, -0.2) is 23.0 Å². The molecule has 5 nitrogen and oxygen atoms in total. The molecule has 1 heterocycles. The minimum absolute atomic E-state index is 0.259. The molecule has 0 aliphatic carbocycles. The number of nitrogens with one attached hydrogen (secondary N) is 1. The molecule has 1 atom stereocenters. The van der Waals surface area contributed by atoms with Crippen molar-refractivity contribution in [2.45, 2.75) is 20.0 Å². The van der Waals surface area contributed by atoms with Crippen molar-refractivity contribution in [3.63, 3.8) is 0 Å². The van der Waals surface area contributed by atoms with E-state index in [1.807, 2.05) is 0 Å². The quantitative estimate of drug-likeness (QED) is 0.705. The molecular weight excluding hydrogens is 354 g/mol. The minimum Gasteiger partial charge on any atom is -0.449 e. The van der Waals surface area contributed by atoms with Gasteiger partial charge in [0.25, 0.3) is 5.91 Å². The van der Waals surface area contributed by atoms with E-state index >= 15 is 0 Å².